The maximum absolute atomic E-state index is 9.31. The van der Waals surface area contributed by atoms with Gasteiger partial charge in [-0.05, 0) is 130 Å². The van der Waals surface area contributed by atoms with Crippen LogP contribution in [0.25, 0.3) is 93.9 Å². The first-order valence-electron chi connectivity index (χ1n) is 25.2. The van der Waals surface area contributed by atoms with Crippen molar-refractivity contribution in [1.82, 2.24) is 0 Å². The molecule has 14 aromatic rings. The molecule has 17 heteroatoms. The second-order valence-electron chi connectivity index (χ2n) is 18.2. The maximum atomic E-state index is 9.31. The van der Waals surface area contributed by atoms with E-state index in [-0.39, 0.29) is 39.6 Å². The minimum atomic E-state index is -1.41. The quantitative estimate of drug-likeness (QED) is 0.0786. The number of halogens is 6. The molecule has 0 unspecified atom stereocenters. The van der Waals surface area contributed by atoms with Crippen molar-refractivity contribution in [1.29, 1.82) is 0 Å². The molecule has 4 N–H and O–H groups in total. The van der Waals surface area contributed by atoms with Gasteiger partial charge in [-0.25, -0.2) is 0 Å². The summed E-state index contributed by atoms with van der Waals surface area (Å²) in [4.78, 5) is 0. The van der Waals surface area contributed by atoms with Crippen LogP contribution >= 0.6 is 136 Å². The fourth-order valence-electron chi connectivity index (χ4n) is 9.37. The molecule has 11 aromatic carbocycles. The third-order valence-electron chi connectivity index (χ3n) is 13.1. The molecular formula is C66H44B2Br5IO4S3VW. The second kappa shape index (κ2) is 30.9. The van der Waals surface area contributed by atoms with Crippen LogP contribution in [0.1, 0.15) is 0 Å². The van der Waals surface area contributed by atoms with Gasteiger partial charge in [0.15, 0.2) is 0 Å². The Morgan fingerprint density at radius 1 is 0.313 bits per heavy atom. The number of benzene rings is 11. The van der Waals surface area contributed by atoms with Crippen molar-refractivity contribution in [2.24, 2.45) is 0 Å². The number of hydrogen-bond acceptors (Lipinski definition) is 7. The van der Waals surface area contributed by atoms with Gasteiger partial charge in [0.05, 0.1) is 0 Å². The van der Waals surface area contributed by atoms with Crippen molar-refractivity contribution in [3.05, 3.63) is 269 Å². The predicted octanol–water partition coefficient (Wildman–Crippen LogP) is 20.3. The third-order valence-corrected chi connectivity index (χ3v) is 22.7. The standard InChI is InChI=1S/C24H15BrS.C18H10Br2S.C12H9BO2S.C6H7BO2.C6H3Br2I.V.W/c25-21-14-7-11-17(16-8-2-1-3-9-16)23(21)20-13-6-12-19-18-10-4-5-15-22(18)26-24(19)20;19-14-8-4-9-15(20)17(14)13-7-3-6-12-11-5-1-2-10-16(11)21-18(12)13;14-13(15)10-6-3-5-9-8-4-1-2-7-11(8)16-12(9)10;8-7(9)6-4-2-1-3-5-6;7-4-2-1-3-5(8)6(4)9;;/h1-15H;1-10H;1-7,14-15H;1-5,8-9H;1-3H;;. The van der Waals surface area contributed by atoms with Gasteiger partial charge >= 0.3 is 14.2 Å². The Hall–Kier alpha value is -3.55. The molecule has 4 nitrogen and oxygen atoms in total. The Morgan fingerprint density at radius 3 is 1.10 bits per heavy atom. The fraction of sp³-hybridized carbons (Fsp3) is 0. The van der Waals surface area contributed by atoms with Crippen molar-refractivity contribution in [3.8, 4) is 33.4 Å². The van der Waals surface area contributed by atoms with Gasteiger partial charge in [0, 0.05) is 143 Å². The fourth-order valence-corrected chi connectivity index (χ4v) is 16.4. The second-order valence-corrected chi connectivity index (χ2v) is 26.7. The van der Waals surface area contributed by atoms with Crippen molar-refractivity contribution >= 4 is 222 Å². The van der Waals surface area contributed by atoms with Gasteiger partial charge in [0.2, 0.25) is 0 Å². The molecule has 0 spiro atoms. The van der Waals surface area contributed by atoms with E-state index in [4.69, 9.17) is 10.0 Å². The molecule has 0 amide bonds. The minimum Gasteiger partial charge on any atom is -0.423 e. The van der Waals surface area contributed by atoms with E-state index in [0.29, 0.717) is 10.9 Å². The van der Waals surface area contributed by atoms with E-state index >= 15 is 0 Å². The summed E-state index contributed by atoms with van der Waals surface area (Å²) >= 11 is 25.6. The molecule has 0 fully saturated rings. The van der Waals surface area contributed by atoms with E-state index in [2.05, 4.69) is 254 Å². The van der Waals surface area contributed by atoms with Crippen LogP contribution in [0.3, 0.4) is 0 Å². The van der Waals surface area contributed by atoms with Gasteiger partial charge in [-0.2, -0.15) is 0 Å². The molecule has 0 saturated heterocycles. The SMILES string of the molecule is Brc1cccc(-c2ccccc2)c1-c1cccc2c1sc1ccccc12.Brc1cccc(Br)c1-c1cccc2c1sc1ccccc12.Brc1cccc(Br)c1I.OB(O)c1cccc2c1sc1ccccc12.OB(O)c1ccccc1.[V].[W]. The van der Waals surface area contributed by atoms with Gasteiger partial charge in [0.1, 0.15) is 0 Å². The van der Waals surface area contributed by atoms with Crippen molar-refractivity contribution < 1.29 is 59.7 Å². The van der Waals surface area contributed by atoms with Gasteiger partial charge in [-0.15, -0.1) is 34.0 Å². The van der Waals surface area contributed by atoms with Gasteiger partial charge in [-0.3, -0.25) is 0 Å². The van der Waals surface area contributed by atoms with E-state index in [0.717, 1.165) is 32.4 Å². The van der Waals surface area contributed by atoms with E-state index in [9.17, 15) is 10.0 Å². The molecule has 0 aliphatic rings. The molecule has 3 heterocycles. The summed E-state index contributed by atoms with van der Waals surface area (Å²) in [6.07, 6.45) is 0. The molecular weight excluding hydrogens is 1740 g/mol. The normalized spacial score (nSPS) is 10.6. The van der Waals surface area contributed by atoms with Crippen LogP contribution in [0.2, 0.25) is 0 Å². The van der Waals surface area contributed by atoms with Crippen LogP contribution in [-0.4, -0.2) is 34.3 Å². The molecule has 1 radical (unpaired) electrons. The molecule has 83 heavy (non-hydrogen) atoms. The summed E-state index contributed by atoms with van der Waals surface area (Å²) in [7, 11) is -2.75. The molecule has 0 aliphatic carbocycles. The van der Waals surface area contributed by atoms with Gasteiger partial charge < -0.3 is 20.1 Å². The average molecular weight is 1780 g/mol. The van der Waals surface area contributed by atoms with Crippen LogP contribution in [0, 0.1) is 3.57 Å². The average Bonchev–Trinajstić information content (AvgIpc) is 3.30. The first kappa shape index (κ1) is 65.4. The Bertz CT molecular complexity index is 4460. The van der Waals surface area contributed by atoms with Gasteiger partial charge in [-0.1, -0.05) is 242 Å². The molecule has 0 bridgehead atoms. The number of rotatable bonds is 5. The van der Waals surface area contributed by atoms with E-state index in [1.54, 1.807) is 41.7 Å². The van der Waals surface area contributed by atoms with Gasteiger partial charge in [0.25, 0.3) is 0 Å². The first-order valence-corrected chi connectivity index (χ1v) is 32.7. The van der Waals surface area contributed by atoms with Crippen molar-refractivity contribution in [3.63, 3.8) is 0 Å². The summed E-state index contributed by atoms with van der Waals surface area (Å²) in [5.41, 5.74) is 8.64. The molecule has 14 rings (SSSR count). The summed E-state index contributed by atoms with van der Waals surface area (Å²) in [5, 5.41) is 43.4. The van der Waals surface area contributed by atoms with Crippen LogP contribution in [0.5, 0.6) is 0 Å². The topological polar surface area (TPSA) is 80.9 Å². The van der Waals surface area contributed by atoms with E-state index in [1.807, 2.05) is 83.3 Å². The zero-order valence-electron chi connectivity index (χ0n) is 43.4. The molecule has 0 aliphatic heterocycles. The zero-order chi connectivity index (χ0) is 56.6. The maximum Gasteiger partial charge on any atom is 0.489 e. The van der Waals surface area contributed by atoms with Crippen molar-refractivity contribution in [2.75, 3.05) is 0 Å². The first-order chi connectivity index (χ1) is 39.4. The van der Waals surface area contributed by atoms with E-state index in [1.165, 1.54) is 87.4 Å². The van der Waals surface area contributed by atoms with Crippen molar-refractivity contribution in [2.45, 2.75) is 0 Å². The number of thiophene rings is 3. The largest absolute Gasteiger partial charge is 0.489 e. The third kappa shape index (κ3) is 15.2. The zero-order valence-corrected chi connectivity index (χ0v) is 60.3. The molecule has 409 valence electrons. The van der Waals surface area contributed by atoms with Crippen LogP contribution in [-0.2, 0) is 39.6 Å². The summed E-state index contributed by atoms with van der Waals surface area (Å²) in [6, 6.07) is 82.2. The number of hydrogen-bond donors (Lipinski definition) is 4. The van der Waals surface area contributed by atoms with Crippen LogP contribution < -0.4 is 10.9 Å². The Balaban J connectivity index is 0.000000143. The summed E-state index contributed by atoms with van der Waals surface area (Å²) in [5.74, 6) is 0. The number of fused-ring (bicyclic) bond motifs is 9. The van der Waals surface area contributed by atoms with Crippen LogP contribution in [0.4, 0.5) is 0 Å². The Morgan fingerprint density at radius 2 is 0.651 bits per heavy atom. The monoisotopic (exact) mass is 1770 g/mol. The minimum absolute atomic E-state index is 0. The molecule has 3 aromatic heterocycles. The predicted molar refractivity (Wildman–Crippen MR) is 378 cm³/mol. The van der Waals surface area contributed by atoms with E-state index < -0.39 is 14.2 Å². The molecule has 0 atom stereocenters. The Kier molecular flexibility index (Phi) is 24.3. The summed E-state index contributed by atoms with van der Waals surface area (Å²) < 4.78 is 14.3. The molecule has 0 saturated carbocycles. The Labute approximate surface area is 576 Å². The summed E-state index contributed by atoms with van der Waals surface area (Å²) in [6.45, 7) is 0. The van der Waals surface area contributed by atoms with Crippen LogP contribution in [0.15, 0.2) is 265 Å². The smallest absolute Gasteiger partial charge is 0.423 e.